The van der Waals surface area contributed by atoms with Crippen LogP contribution in [0, 0.1) is 13.8 Å². The first-order valence-electron chi connectivity index (χ1n) is 7.32. The van der Waals surface area contributed by atoms with Crippen LogP contribution in [0.2, 0.25) is 0 Å². The summed E-state index contributed by atoms with van der Waals surface area (Å²) in [6.45, 7) is 9.24. The van der Waals surface area contributed by atoms with Gasteiger partial charge in [0, 0.05) is 37.6 Å². The summed E-state index contributed by atoms with van der Waals surface area (Å²) in [5.74, 6) is 0.0265. The minimum atomic E-state index is -0.337. The zero-order valence-electron chi connectivity index (χ0n) is 13.7. The number of amides is 1. The molecule has 0 aromatic carbocycles. The van der Waals surface area contributed by atoms with Gasteiger partial charge in [-0.25, -0.2) is 0 Å². The number of aryl methyl sites for hydroxylation is 2. The van der Waals surface area contributed by atoms with Crippen molar-refractivity contribution in [2.45, 2.75) is 46.8 Å². The molecule has 0 saturated heterocycles. The molecule has 0 spiro atoms. The van der Waals surface area contributed by atoms with Crippen molar-refractivity contribution in [2.24, 2.45) is 0 Å². The van der Waals surface area contributed by atoms with E-state index < -0.39 is 0 Å². The number of nitrogens with zero attached hydrogens (tertiary/aromatic N) is 5. The summed E-state index contributed by atoms with van der Waals surface area (Å²) in [7, 11) is 1.81. The molecule has 7 heteroatoms. The molecule has 0 fully saturated rings. The van der Waals surface area contributed by atoms with Gasteiger partial charge in [0.1, 0.15) is 6.04 Å². The fourth-order valence-corrected chi connectivity index (χ4v) is 2.67. The van der Waals surface area contributed by atoms with Crippen molar-refractivity contribution >= 4 is 21.8 Å². The fourth-order valence-electron chi connectivity index (χ4n) is 2.38. The quantitative estimate of drug-likeness (QED) is 0.816. The fraction of sp³-hybridized carbons (Fsp3) is 0.533. The van der Waals surface area contributed by atoms with Crippen LogP contribution in [0.5, 0.6) is 0 Å². The van der Waals surface area contributed by atoms with Crippen molar-refractivity contribution in [2.75, 3.05) is 7.05 Å². The molecule has 0 N–H and O–H groups in total. The average Bonchev–Trinajstić information content (AvgIpc) is 3.01. The van der Waals surface area contributed by atoms with Crippen molar-refractivity contribution in [1.82, 2.24) is 24.5 Å². The molecular formula is C15H22BrN5O. The third kappa shape index (κ3) is 3.24. The van der Waals surface area contributed by atoms with Gasteiger partial charge in [-0.05, 0) is 43.6 Å². The Kier molecular flexibility index (Phi) is 5.05. The van der Waals surface area contributed by atoms with E-state index in [1.165, 1.54) is 0 Å². The van der Waals surface area contributed by atoms with Crippen LogP contribution in [-0.2, 0) is 17.9 Å². The Balaban J connectivity index is 2.09. The van der Waals surface area contributed by atoms with E-state index in [0.29, 0.717) is 6.54 Å². The summed E-state index contributed by atoms with van der Waals surface area (Å²) in [6.07, 6.45) is 3.67. The zero-order chi connectivity index (χ0) is 16.4. The van der Waals surface area contributed by atoms with E-state index in [4.69, 9.17) is 0 Å². The minimum absolute atomic E-state index is 0.0265. The normalized spacial score (nSPS) is 12.5. The molecule has 2 rings (SSSR count). The summed E-state index contributed by atoms with van der Waals surface area (Å²) < 4.78 is 4.54. The van der Waals surface area contributed by atoms with Crippen molar-refractivity contribution in [3.8, 4) is 0 Å². The van der Waals surface area contributed by atoms with Gasteiger partial charge >= 0.3 is 0 Å². The Morgan fingerprint density at radius 3 is 2.64 bits per heavy atom. The highest BCUT2D eigenvalue weighted by atomic mass is 79.9. The van der Waals surface area contributed by atoms with Crippen LogP contribution in [0.3, 0.4) is 0 Å². The molecule has 0 saturated carbocycles. The molecular weight excluding hydrogens is 346 g/mol. The topological polar surface area (TPSA) is 56.0 Å². The molecule has 120 valence electrons. The summed E-state index contributed by atoms with van der Waals surface area (Å²) >= 11 is 3.43. The summed E-state index contributed by atoms with van der Waals surface area (Å²) in [5, 5.41) is 8.68. The second kappa shape index (κ2) is 6.64. The van der Waals surface area contributed by atoms with Gasteiger partial charge in [-0.15, -0.1) is 0 Å². The second-order valence-corrected chi connectivity index (χ2v) is 6.34. The smallest absolute Gasteiger partial charge is 0.247 e. The molecule has 2 heterocycles. The molecule has 0 aliphatic carbocycles. The molecule has 0 bridgehead atoms. The first kappa shape index (κ1) is 16.7. The first-order chi connectivity index (χ1) is 10.3. The predicted molar refractivity (Wildman–Crippen MR) is 88.5 cm³/mol. The van der Waals surface area contributed by atoms with Crippen LogP contribution in [-0.4, -0.2) is 37.4 Å². The van der Waals surface area contributed by atoms with Gasteiger partial charge < -0.3 is 4.90 Å². The molecule has 0 aliphatic rings. The Hall–Kier alpha value is -1.63. The number of rotatable bonds is 5. The highest BCUT2D eigenvalue weighted by molar-refractivity contribution is 9.10. The number of carbonyl (C=O) groups is 1. The lowest BCUT2D eigenvalue weighted by atomic mass is 10.2. The summed E-state index contributed by atoms with van der Waals surface area (Å²) in [6, 6.07) is -0.337. The van der Waals surface area contributed by atoms with Gasteiger partial charge in [-0.3, -0.25) is 14.2 Å². The van der Waals surface area contributed by atoms with Crippen LogP contribution >= 0.6 is 15.9 Å². The maximum Gasteiger partial charge on any atom is 0.247 e. The van der Waals surface area contributed by atoms with E-state index in [9.17, 15) is 4.79 Å². The molecule has 1 amide bonds. The van der Waals surface area contributed by atoms with Crippen molar-refractivity contribution < 1.29 is 4.79 Å². The van der Waals surface area contributed by atoms with Crippen molar-refractivity contribution in [3.05, 3.63) is 33.8 Å². The van der Waals surface area contributed by atoms with Gasteiger partial charge in [0.15, 0.2) is 0 Å². The Bertz CT molecular complexity index is 656. The van der Waals surface area contributed by atoms with Gasteiger partial charge in [0.2, 0.25) is 5.91 Å². The van der Waals surface area contributed by atoms with E-state index in [-0.39, 0.29) is 11.9 Å². The number of hydrogen-bond acceptors (Lipinski definition) is 3. The molecule has 1 atom stereocenters. The number of likely N-dealkylation sites (N-methyl/N-ethyl adjacent to an activating group) is 1. The van der Waals surface area contributed by atoms with Crippen LogP contribution < -0.4 is 0 Å². The number of carbonyl (C=O) groups excluding carboxylic acids is 1. The van der Waals surface area contributed by atoms with Crippen molar-refractivity contribution in [3.63, 3.8) is 0 Å². The zero-order valence-corrected chi connectivity index (χ0v) is 15.3. The van der Waals surface area contributed by atoms with Crippen LogP contribution in [0.15, 0.2) is 16.9 Å². The van der Waals surface area contributed by atoms with Crippen LogP contribution in [0.1, 0.15) is 36.8 Å². The maximum absolute atomic E-state index is 12.6. The second-order valence-electron chi connectivity index (χ2n) is 5.48. The van der Waals surface area contributed by atoms with Gasteiger partial charge in [-0.1, -0.05) is 0 Å². The highest BCUT2D eigenvalue weighted by Gasteiger charge is 2.21. The molecule has 2 aromatic rings. The lowest BCUT2D eigenvalue weighted by molar-refractivity contribution is -0.133. The summed E-state index contributed by atoms with van der Waals surface area (Å²) in [4.78, 5) is 14.3. The Morgan fingerprint density at radius 1 is 1.45 bits per heavy atom. The third-order valence-corrected chi connectivity index (χ3v) is 4.68. The summed E-state index contributed by atoms with van der Waals surface area (Å²) in [5.41, 5.74) is 3.05. The van der Waals surface area contributed by atoms with Gasteiger partial charge in [-0.2, -0.15) is 10.2 Å². The van der Waals surface area contributed by atoms with E-state index in [1.54, 1.807) is 9.58 Å². The van der Waals surface area contributed by atoms with Gasteiger partial charge in [0.05, 0.1) is 16.4 Å². The predicted octanol–water partition coefficient (Wildman–Crippen LogP) is 2.70. The molecule has 0 radical (unpaired) electrons. The lowest BCUT2D eigenvalue weighted by Crippen LogP contribution is -2.33. The largest absolute Gasteiger partial charge is 0.339 e. The van der Waals surface area contributed by atoms with Crippen molar-refractivity contribution in [1.29, 1.82) is 0 Å². The molecule has 22 heavy (non-hydrogen) atoms. The Labute approximate surface area is 139 Å². The SMILES string of the molecule is CCn1ncc(CN(C)C(=O)[C@@H](C)n2cc(Br)c(C)n2)c1C. The molecule has 0 aliphatic heterocycles. The van der Waals surface area contributed by atoms with E-state index >= 15 is 0 Å². The standard InChI is InChI=1S/C15H22BrN5O/c1-6-20-11(3)13(7-17-20)8-19(5)15(22)12(4)21-9-14(16)10(2)18-21/h7,9,12H,6,8H2,1-5H3/t12-/m1/s1. The van der Waals surface area contributed by atoms with Gasteiger partial charge in [0.25, 0.3) is 0 Å². The molecule has 6 nitrogen and oxygen atoms in total. The van der Waals surface area contributed by atoms with Crippen LogP contribution in [0.4, 0.5) is 0 Å². The van der Waals surface area contributed by atoms with E-state index in [1.807, 2.05) is 44.9 Å². The monoisotopic (exact) mass is 367 g/mol. The van der Waals surface area contributed by atoms with Crippen LogP contribution in [0.25, 0.3) is 0 Å². The third-order valence-electron chi connectivity index (χ3n) is 3.90. The molecule has 0 unspecified atom stereocenters. The first-order valence-corrected chi connectivity index (χ1v) is 8.12. The number of halogens is 1. The van der Waals surface area contributed by atoms with E-state index in [2.05, 4.69) is 33.1 Å². The minimum Gasteiger partial charge on any atom is -0.339 e. The highest BCUT2D eigenvalue weighted by Crippen LogP contribution is 2.19. The average molecular weight is 368 g/mol. The van der Waals surface area contributed by atoms with E-state index in [0.717, 1.165) is 28.0 Å². The molecule has 2 aromatic heterocycles. The number of hydrogen-bond donors (Lipinski definition) is 0. The Morgan fingerprint density at radius 2 is 2.14 bits per heavy atom. The number of aromatic nitrogens is 4. The maximum atomic E-state index is 12.6. The lowest BCUT2D eigenvalue weighted by Gasteiger charge is -2.21.